The molecule has 1 heterocycles. The van der Waals surface area contributed by atoms with E-state index in [9.17, 15) is 17.6 Å². The largest absolute Gasteiger partial charge is 0.381 e. The fourth-order valence-corrected chi connectivity index (χ4v) is 2.60. The van der Waals surface area contributed by atoms with Crippen molar-refractivity contribution in [2.75, 3.05) is 16.8 Å². The third-order valence-electron chi connectivity index (χ3n) is 3.80. The molecule has 2 aromatic carbocycles. The smallest absolute Gasteiger partial charge is 0.161 e. The van der Waals surface area contributed by atoms with Crippen molar-refractivity contribution in [1.29, 1.82) is 0 Å². The molecule has 0 aromatic heterocycles. The Labute approximate surface area is 125 Å². The number of benzene rings is 2. The fraction of sp³-hybridized carbons (Fsp3) is 0.250. The van der Waals surface area contributed by atoms with Crippen molar-refractivity contribution >= 4 is 11.4 Å². The van der Waals surface area contributed by atoms with Gasteiger partial charge >= 0.3 is 0 Å². The molecule has 1 N–H and O–H groups in total. The topological polar surface area (TPSA) is 15.3 Å². The molecule has 0 bridgehead atoms. The number of nitrogens with zero attached hydrogens (tertiary/aromatic N) is 1. The van der Waals surface area contributed by atoms with Crippen LogP contribution in [0.15, 0.2) is 30.3 Å². The monoisotopic (exact) mass is 310 g/mol. The van der Waals surface area contributed by atoms with Gasteiger partial charge in [0.05, 0.1) is 11.4 Å². The molecule has 0 spiro atoms. The van der Waals surface area contributed by atoms with Crippen LogP contribution < -0.4 is 10.2 Å². The number of fused-ring (bicyclic) bond motifs is 1. The Morgan fingerprint density at radius 1 is 1.00 bits per heavy atom. The summed E-state index contributed by atoms with van der Waals surface area (Å²) < 4.78 is 53.2. The summed E-state index contributed by atoms with van der Waals surface area (Å²) in [5.41, 5.74) is 1.55. The minimum absolute atomic E-state index is 0.00882. The minimum Gasteiger partial charge on any atom is -0.381 e. The van der Waals surface area contributed by atoms with Gasteiger partial charge in [-0.3, -0.25) is 0 Å². The standard InChI is InChI=1S/C16H14F4N2/c1-9-7-21-15-5-13(19)14(20)6-16(15)22(9)8-10-2-3-11(17)12(18)4-10/h2-6,9,21H,7-8H2,1H3. The van der Waals surface area contributed by atoms with Crippen LogP contribution in [0.1, 0.15) is 12.5 Å². The number of hydrogen-bond donors (Lipinski definition) is 1. The van der Waals surface area contributed by atoms with E-state index < -0.39 is 23.3 Å². The van der Waals surface area contributed by atoms with Gasteiger partial charge in [-0.25, -0.2) is 17.6 Å². The van der Waals surface area contributed by atoms with Crippen molar-refractivity contribution < 1.29 is 17.6 Å². The van der Waals surface area contributed by atoms with Crippen molar-refractivity contribution in [1.82, 2.24) is 0 Å². The van der Waals surface area contributed by atoms with Crippen molar-refractivity contribution in [3.8, 4) is 0 Å². The molecular formula is C16H14F4N2. The van der Waals surface area contributed by atoms with Gasteiger partial charge in [0, 0.05) is 31.3 Å². The molecule has 116 valence electrons. The number of nitrogens with one attached hydrogen (secondary N) is 1. The molecule has 0 aliphatic carbocycles. The molecule has 0 amide bonds. The third kappa shape index (κ3) is 2.61. The fourth-order valence-electron chi connectivity index (χ4n) is 2.60. The normalized spacial score (nSPS) is 17.1. The average Bonchev–Trinajstić information content (AvgIpc) is 2.48. The Morgan fingerprint density at radius 3 is 2.41 bits per heavy atom. The van der Waals surface area contributed by atoms with Gasteiger partial charge in [0.2, 0.25) is 0 Å². The number of anilines is 2. The molecule has 6 heteroatoms. The van der Waals surface area contributed by atoms with E-state index in [2.05, 4.69) is 5.32 Å². The Hall–Kier alpha value is -2.24. The molecule has 0 saturated heterocycles. The summed E-state index contributed by atoms with van der Waals surface area (Å²) in [4.78, 5) is 1.83. The lowest BCUT2D eigenvalue weighted by Gasteiger charge is -2.37. The Kier molecular flexibility index (Phi) is 3.68. The zero-order valence-corrected chi connectivity index (χ0v) is 11.8. The predicted octanol–water partition coefficient (Wildman–Crippen LogP) is 4.06. The van der Waals surface area contributed by atoms with E-state index in [1.54, 1.807) is 0 Å². The Morgan fingerprint density at radius 2 is 1.68 bits per heavy atom. The first kappa shape index (κ1) is 14.7. The third-order valence-corrected chi connectivity index (χ3v) is 3.80. The van der Waals surface area contributed by atoms with Gasteiger partial charge in [0.1, 0.15) is 0 Å². The summed E-state index contributed by atoms with van der Waals surface area (Å²) in [6.07, 6.45) is 0. The van der Waals surface area contributed by atoms with Crippen molar-refractivity contribution in [2.45, 2.75) is 19.5 Å². The van der Waals surface area contributed by atoms with Crippen LogP contribution in [0.3, 0.4) is 0 Å². The molecule has 1 aliphatic heterocycles. The van der Waals surface area contributed by atoms with Crippen LogP contribution in [0.2, 0.25) is 0 Å². The summed E-state index contributed by atoms with van der Waals surface area (Å²) in [6.45, 7) is 2.73. The molecule has 1 aliphatic rings. The molecule has 3 rings (SSSR count). The quantitative estimate of drug-likeness (QED) is 0.841. The summed E-state index contributed by atoms with van der Waals surface area (Å²) in [5, 5.41) is 3.03. The maximum absolute atomic E-state index is 13.5. The molecule has 2 nitrogen and oxygen atoms in total. The van der Waals surface area contributed by atoms with Gasteiger partial charge in [0.25, 0.3) is 0 Å². The number of hydrogen-bond acceptors (Lipinski definition) is 2. The maximum Gasteiger partial charge on any atom is 0.161 e. The molecule has 2 aromatic rings. The van der Waals surface area contributed by atoms with Crippen LogP contribution in [-0.2, 0) is 6.54 Å². The summed E-state index contributed by atoms with van der Waals surface area (Å²) in [5.74, 6) is -3.70. The first-order valence-corrected chi connectivity index (χ1v) is 6.89. The van der Waals surface area contributed by atoms with Gasteiger partial charge < -0.3 is 10.2 Å². The molecule has 0 saturated carbocycles. The predicted molar refractivity (Wildman–Crippen MR) is 76.9 cm³/mol. The molecule has 1 atom stereocenters. The SMILES string of the molecule is CC1CNc2cc(F)c(F)cc2N1Cc1ccc(F)c(F)c1. The average molecular weight is 310 g/mol. The Bertz CT molecular complexity index is 718. The van der Waals surface area contributed by atoms with Crippen LogP contribution in [0.25, 0.3) is 0 Å². The van der Waals surface area contributed by atoms with Gasteiger partial charge in [-0.15, -0.1) is 0 Å². The zero-order chi connectivity index (χ0) is 15.9. The van der Waals surface area contributed by atoms with Crippen molar-refractivity contribution in [2.24, 2.45) is 0 Å². The summed E-state index contributed by atoms with van der Waals surface area (Å²) in [7, 11) is 0. The highest BCUT2D eigenvalue weighted by atomic mass is 19.2. The zero-order valence-electron chi connectivity index (χ0n) is 11.8. The second-order valence-corrected chi connectivity index (χ2v) is 5.39. The minimum atomic E-state index is -0.940. The lowest BCUT2D eigenvalue weighted by molar-refractivity contribution is 0.504. The van der Waals surface area contributed by atoms with Gasteiger partial charge in [-0.2, -0.15) is 0 Å². The highest BCUT2D eigenvalue weighted by Crippen LogP contribution is 2.34. The second kappa shape index (κ2) is 5.51. The molecule has 0 fully saturated rings. The van der Waals surface area contributed by atoms with Crippen LogP contribution >= 0.6 is 0 Å². The Balaban J connectivity index is 1.96. The first-order chi connectivity index (χ1) is 10.5. The van der Waals surface area contributed by atoms with E-state index in [4.69, 9.17) is 0 Å². The highest BCUT2D eigenvalue weighted by Gasteiger charge is 2.25. The van der Waals surface area contributed by atoms with Gasteiger partial charge in [0.15, 0.2) is 23.3 Å². The lowest BCUT2D eigenvalue weighted by Crippen LogP contribution is -2.41. The van der Waals surface area contributed by atoms with E-state index in [1.807, 2.05) is 11.8 Å². The van der Waals surface area contributed by atoms with Crippen LogP contribution in [0, 0.1) is 23.3 Å². The van der Waals surface area contributed by atoms with Crippen LogP contribution in [-0.4, -0.2) is 12.6 Å². The van der Waals surface area contributed by atoms with Crippen LogP contribution in [0.4, 0.5) is 28.9 Å². The lowest BCUT2D eigenvalue weighted by atomic mass is 10.1. The number of rotatable bonds is 2. The first-order valence-electron chi connectivity index (χ1n) is 6.89. The van der Waals surface area contributed by atoms with Gasteiger partial charge in [-0.05, 0) is 24.6 Å². The molecular weight excluding hydrogens is 296 g/mol. The van der Waals surface area contributed by atoms with Crippen molar-refractivity contribution in [3.05, 3.63) is 59.2 Å². The second-order valence-electron chi connectivity index (χ2n) is 5.39. The molecule has 22 heavy (non-hydrogen) atoms. The number of halogens is 4. The summed E-state index contributed by atoms with van der Waals surface area (Å²) in [6, 6.07) is 5.87. The van der Waals surface area contributed by atoms with E-state index in [0.717, 1.165) is 24.3 Å². The van der Waals surface area contributed by atoms with E-state index in [0.29, 0.717) is 23.5 Å². The van der Waals surface area contributed by atoms with E-state index in [-0.39, 0.29) is 12.6 Å². The molecule has 1 unspecified atom stereocenters. The van der Waals surface area contributed by atoms with E-state index in [1.165, 1.54) is 6.07 Å². The maximum atomic E-state index is 13.5. The van der Waals surface area contributed by atoms with Gasteiger partial charge in [-0.1, -0.05) is 6.07 Å². The van der Waals surface area contributed by atoms with E-state index >= 15 is 0 Å². The van der Waals surface area contributed by atoms with Crippen LogP contribution in [0.5, 0.6) is 0 Å². The summed E-state index contributed by atoms with van der Waals surface area (Å²) >= 11 is 0. The molecule has 0 radical (unpaired) electrons. The highest BCUT2D eigenvalue weighted by molar-refractivity contribution is 5.73. The van der Waals surface area contributed by atoms with Crippen molar-refractivity contribution in [3.63, 3.8) is 0 Å².